The fraction of sp³-hybridized carbons (Fsp3) is 0.615. The van der Waals surface area contributed by atoms with Gasteiger partial charge in [-0.2, -0.15) is 0 Å². The first kappa shape index (κ1) is 12.6. The maximum atomic E-state index is 5.69. The van der Waals surface area contributed by atoms with Crippen molar-refractivity contribution >= 4 is 7.12 Å². The molecule has 4 heteroatoms. The van der Waals surface area contributed by atoms with E-state index in [1.54, 1.807) is 0 Å². The summed E-state index contributed by atoms with van der Waals surface area (Å²) >= 11 is 0. The Morgan fingerprint density at radius 1 is 1.29 bits per heavy atom. The Bertz CT molecular complexity index is 354. The number of pyridine rings is 1. The molecule has 1 saturated heterocycles. The van der Waals surface area contributed by atoms with Gasteiger partial charge in [0.1, 0.15) is 0 Å². The van der Waals surface area contributed by atoms with Crippen LogP contribution in [0.4, 0.5) is 0 Å². The molecule has 2 heterocycles. The van der Waals surface area contributed by atoms with Crippen molar-refractivity contribution < 1.29 is 9.31 Å². The number of aromatic nitrogens is 1. The molecule has 1 aliphatic rings. The van der Waals surface area contributed by atoms with E-state index in [0.29, 0.717) is 0 Å². The largest absolute Gasteiger partial charge is 0.463 e. The van der Waals surface area contributed by atoms with E-state index in [2.05, 4.69) is 37.9 Å². The van der Waals surface area contributed by atoms with Crippen LogP contribution in [0.5, 0.6) is 0 Å². The zero-order chi connectivity index (χ0) is 12.3. The van der Waals surface area contributed by atoms with E-state index in [1.165, 1.54) is 5.56 Å². The molecule has 0 spiro atoms. The number of nitrogens with zero attached hydrogens (tertiary/aromatic N) is 1. The van der Waals surface area contributed by atoms with Crippen molar-refractivity contribution in [1.82, 2.24) is 4.98 Å². The predicted molar refractivity (Wildman–Crippen MR) is 68.8 cm³/mol. The zero-order valence-corrected chi connectivity index (χ0v) is 10.9. The summed E-state index contributed by atoms with van der Waals surface area (Å²) in [6, 6.07) is 4.18. The molecule has 1 fully saturated rings. The highest BCUT2D eigenvalue weighted by Crippen LogP contribution is 2.22. The minimum Gasteiger partial charge on any atom is -0.410 e. The SMILES string of the molecule is CCc1ccc(CB2OCC(C)(C)CO2)nc1. The third-order valence-electron chi connectivity index (χ3n) is 2.99. The van der Waals surface area contributed by atoms with Gasteiger partial charge < -0.3 is 9.31 Å². The van der Waals surface area contributed by atoms with Gasteiger partial charge in [0.2, 0.25) is 0 Å². The summed E-state index contributed by atoms with van der Waals surface area (Å²) in [4.78, 5) is 4.42. The van der Waals surface area contributed by atoms with E-state index in [9.17, 15) is 0 Å². The topological polar surface area (TPSA) is 31.4 Å². The highest BCUT2D eigenvalue weighted by Gasteiger charge is 2.32. The lowest BCUT2D eigenvalue weighted by molar-refractivity contribution is 0.0277. The number of rotatable bonds is 3. The number of aryl methyl sites for hydroxylation is 1. The van der Waals surface area contributed by atoms with Crippen LogP contribution in [0, 0.1) is 5.41 Å². The Morgan fingerprint density at radius 2 is 2.00 bits per heavy atom. The Labute approximate surface area is 104 Å². The molecule has 0 atom stereocenters. The molecule has 0 bridgehead atoms. The predicted octanol–water partition coefficient (Wildman–Crippen LogP) is 2.29. The van der Waals surface area contributed by atoms with Gasteiger partial charge in [0, 0.05) is 36.8 Å². The van der Waals surface area contributed by atoms with Gasteiger partial charge in [-0.3, -0.25) is 4.98 Å². The second kappa shape index (κ2) is 5.19. The Kier molecular flexibility index (Phi) is 3.84. The fourth-order valence-electron chi connectivity index (χ4n) is 1.80. The summed E-state index contributed by atoms with van der Waals surface area (Å²) in [6.45, 7) is 7.94. The maximum Gasteiger partial charge on any atom is 0.463 e. The first-order chi connectivity index (χ1) is 8.09. The van der Waals surface area contributed by atoms with Gasteiger partial charge in [-0.1, -0.05) is 26.8 Å². The summed E-state index contributed by atoms with van der Waals surface area (Å²) in [6.07, 6.45) is 3.69. The van der Waals surface area contributed by atoms with E-state index in [4.69, 9.17) is 9.31 Å². The summed E-state index contributed by atoms with van der Waals surface area (Å²) in [7, 11) is -0.136. The van der Waals surface area contributed by atoms with Crippen LogP contribution in [0.2, 0.25) is 0 Å². The summed E-state index contributed by atoms with van der Waals surface area (Å²) in [5, 5.41) is 0. The van der Waals surface area contributed by atoms with Crippen LogP contribution in [0.25, 0.3) is 0 Å². The summed E-state index contributed by atoms with van der Waals surface area (Å²) in [5.74, 6) is 0. The minimum atomic E-state index is -0.136. The lowest BCUT2D eigenvalue weighted by Gasteiger charge is -2.33. The van der Waals surface area contributed by atoms with Crippen LogP contribution in [-0.4, -0.2) is 25.3 Å². The normalized spacial score (nSPS) is 19.4. The molecule has 3 nitrogen and oxygen atoms in total. The summed E-state index contributed by atoms with van der Waals surface area (Å²) < 4.78 is 11.4. The molecule has 92 valence electrons. The molecular weight excluding hydrogens is 213 g/mol. The lowest BCUT2D eigenvalue weighted by atomic mass is 9.79. The number of hydrogen-bond donors (Lipinski definition) is 0. The first-order valence-electron chi connectivity index (χ1n) is 6.26. The van der Waals surface area contributed by atoms with Crippen LogP contribution < -0.4 is 0 Å². The second-order valence-corrected chi connectivity index (χ2v) is 5.43. The molecule has 1 aliphatic heterocycles. The van der Waals surface area contributed by atoms with E-state index < -0.39 is 0 Å². The van der Waals surface area contributed by atoms with Crippen molar-refractivity contribution in [3.8, 4) is 0 Å². The van der Waals surface area contributed by atoms with Crippen molar-refractivity contribution in [2.24, 2.45) is 5.41 Å². The van der Waals surface area contributed by atoms with E-state index in [-0.39, 0.29) is 12.5 Å². The molecular formula is C13H20BNO2. The van der Waals surface area contributed by atoms with Gasteiger partial charge in [-0.05, 0) is 18.1 Å². The highest BCUT2D eigenvalue weighted by atomic mass is 16.6. The van der Waals surface area contributed by atoms with Crippen molar-refractivity contribution in [1.29, 1.82) is 0 Å². The second-order valence-electron chi connectivity index (χ2n) is 5.43. The van der Waals surface area contributed by atoms with Crippen molar-refractivity contribution in [2.75, 3.05) is 13.2 Å². The Morgan fingerprint density at radius 3 is 2.53 bits per heavy atom. The zero-order valence-electron chi connectivity index (χ0n) is 10.9. The third kappa shape index (κ3) is 3.55. The van der Waals surface area contributed by atoms with Gasteiger partial charge in [0.25, 0.3) is 0 Å². The molecule has 0 unspecified atom stereocenters. The van der Waals surface area contributed by atoms with Crippen LogP contribution in [0.15, 0.2) is 18.3 Å². The van der Waals surface area contributed by atoms with Gasteiger partial charge in [-0.25, -0.2) is 0 Å². The monoisotopic (exact) mass is 233 g/mol. The van der Waals surface area contributed by atoms with E-state index in [1.807, 2.05) is 6.20 Å². The minimum absolute atomic E-state index is 0.135. The molecule has 0 aliphatic carbocycles. The van der Waals surface area contributed by atoms with Gasteiger partial charge in [0.15, 0.2) is 0 Å². The van der Waals surface area contributed by atoms with Gasteiger partial charge in [0.05, 0.1) is 0 Å². The highest BCUT2D eigenvalue weighted by molar-refractivity contribution is 6.43. The van der Waals surface area contributed by atoms with Crippen LogP contribution in [0.3, 0.4) is 0 Å². The van der Waals surface area contributed by atoms with Crippen LogP contribution >= 0.6 is 0 Å². The molecule has 0 saturated carbocycles. The molecule has 0 N–H and O–H groups in total. The van der Waals surface area contributed by atoms with Gasteiger partial charge >= 0.3 is 7.12 Å². The molecule has 1 aromatic heterocycles. The smallest absolute Gasteiger partial charge is 0.410 e. The van der Waals surface area contributed by atoms with E-state index >= 15 is 0 Å². The molecule has 2 rings (SSSR count). The third-order valence-corrected chi connectivity index (χ3v) is 2.99. The lowest BCUT2D eigenvalue weighted by Crippen LogP contribution is -2.42. The molecule has 0 aromatic carbocycles. The quantitative estimate of drug-likeness (QED) is 0.750. The fourth-order valence-corrected chi connectivity index (χ4v) is 1.80. The maximum absolute atomic E-state index is 5.69. The number of hydrogen-bond acceptors (Lipinski definition) is 3. The van der Waals surface area contributed by atoms with Crippen molar-refractivity contribution in [3.05, 3.63) is 29.6 Å². The molecule has 1 aromatic rings. The molecule has 0 amide bonds. The van der Waals surface area contributed by atoms with Crippen molar-refractivity contribution in [2.45, 2.75) is 33.5 Å². The van der Waals surface area contributed by atoms with E-state index in [0.717, 1.165) is 31.6 Å². The van der Waals surface area contributed by atoms with Crippen LogP contribution in [0.1, 0.15) is 32.0 Å². The molecule has 17 heavy (non-hydrogen) atoms. The Hall–Kier alpha value is -0.865. The average Bonchev–Trinajstić information content (AvgIpc) is 2.33. The average molecular weight is 233 g/mol. The Balaban J connectivity index is 1.89. The van der Waals surface area contributed by atoms with Gasteiger partial charge in [-0.15, -0.1) is 0 Å². The first-order valence-corrected chi connectivity index (χ1v) is 6.26. The van der Waals surface area contributed by atoms with Crippen LogP contribution in [-0.2, 0) is 22.0 Å². The van der Waals surface area contributed by atoms with Crippen molar-refractivity contribution in [3.63, 3.8) is 0 Å². The molecule has 0 radical (unpaired) electrons. The standard InChI is InChI=1S/C13H20BNO2/c1-4-11-5-6-12(15-8-11)7-14-16-9-13(2,3)10-17-14/h5-6,8H,4,7,9-10H2,1-3H3. The summed E-state index contributed by atoms with van der Waals surface area (Å²) in [5.41, 5.74) is 2.43.